The van der Waals surface area contributed by atoms with E-state index < -0.39 is 17.9 Å². The van der Waals surface area contributed by atoms with Crippen LogP contribution in [0.15, 0.2) is 60.7 Å². The molecule has 0 bridgehead atoms. The molecule has 3 aromatic rings. The molecule has 0 spiro atoms. The van der Waals surface area contributed by atoms with Gasteiger partial charge in [0.1, 0.15) is 17.6 Å². The number of carboxylic acid groups (broad SMARTS) is 1. The maximum absolute atomic E-state index is 12.6. The van der Waals surface area contributed by atoms with Crippen LogP contribution in [-0.2, 0) is 17.6 Å². The van der Waals surface area contributed by atoms with E-state index in [1.807, 2.05) is 25.2 Å². The molecule has 1 aromatic heterocycles. The standard InChI is InChI=1S/C25H26ClN3O4/c1-16-20(6-4-7-21(16)26)24(30)29-22(25(31)32)15-17-9-11-19(12-10-17)33-14-13-18-5-3-8-23(27-2)28-18/h3-12,22H,13-15H2,1-2H3,(H,27,28)(H,29,30)(H,31,32)/t22-/m0/s1. The maximum atomic E-state index is 12.6. The average molecular weight is 468 g/mol. The van der Waals surface area contributed by atoms with Crippen LogP contribution >= 0.6 is 11.6 Å². The summed E-state index contributed by atoms with van der Waals surface area (Å²) in [6, 6.07) is 16.8. The van der Waals surface area contributed by atoms with E-state index in [1.54, 1.807) is 49.4 Å². The van der Waals surface area contributed by atoms with Gasteiger partial charge in [0.2, 0.25) is 0 Å². The molecule has 3 rings (SSSR count). The molecule has 3 N–H and O–H groups in total. The lowest BCUT2D eigenvalue weighted by atomic mass is 10.0. The highest BCUT2D eigenvalue weighted by Crippen LogP contribution is 2.19. The van der Waals surface area contributed by atoms with Gasteiger partial charge in [-0.2, -0.15) is 0 Å². The van der Waals surface area contributed by atoms with Gasteiger partial charge in [0.15, 0.2) is 0 Å². The van der Waals surface area contributed by atoms with Crippen molar-refractivity contribution in [1.29, 1.82) is 0 Å². The third kappa shape index (κ3) is 6.70. The second kappa shape index (κ2) is 11.3. The number of amides is 1. The predicted octanol–water partition coefficient (Wildman–Crippen LogP) is 4.13. The van der Waals surface area contributed by atoms with E-state index in [0.717, 1.165) is 17.1 Å². The van der Waals surface area contributed by atoms with E-state index in [0.29, 0.717) is 34.9 Å². The minimum atomic E-state index is -1.11. The predicted molar refractivity (Wildman–Crippen MR) is 128 cm³/mol. The third-order valence-electron chi connectivity index (χ3n) is 5.17. The van der Waals surface area contributed by atoms with Gasteiger partial charge in [-0.15, -0.1) is 0 Å². The number of aromatic nitrogens is 1. The van der Waals surface area contributed by atoms with Crippen molar-refractivity contribution < 1.29 is 19.4 Å². The molecule has 172 valence electrons. The summed E-state index contributed by atoms with van der Waals surface area (Å²) >= 11 is 6.07. The van der Waals surface area contributed by atoms with Gasteiger partial charge in [0.05, 0.1) is 6.61 Å². The number of hydrogen-bond acceptors (Lipinski definition) is 5. The van der Waals surface area contributed by atoms with Crippen molar-refractivity contribution in [3.8, 4) is 5.75 Å². The first-order valence-corrected chi connectivity index (χ1v) is 10.9. The molecule has 7 nitrogen and oxygen atoms in total. The SMILES string of the molecule is CNc1cccc(CCOc2ccc(C[C@H](NC(=O)c3cccc(Cl)c3C)C(=O)O)cc2)n1. The molecule has 1 amide bonds. The average Bonchev–Trinajstić information content (AvgIpc) is 2.81. The van der Waals surface area contributed by atoms with Crippen LogP contribution < -0.4 is 15.4 Å². The fourth-order valence-electron chi connectivity index (χ4n) is 3.28. The number of benzene rings is 2. The van der Waals surface area contributed by atoms with Crippen molar-refractivity contribution >= 4 is 29.3 Å². The number of carbonyl (C=O) groups excluding carboxylic acids is 1. The molecule has 0 aliphatic rings. The second-order valence-corrected chi connectivity index (χ2v) is 7.89. The van der Waals surface area contributed by atoms with Crippen LogP contribution in [0, 0.1) is 6.92 Å². The Bertz CT molecular complexity index is 1120. The van der Waals surface area contributed by atoms with Gasteiger partial charge >= 0.3 is 5.97 Å². The molecule has 0 saturated carbocycles. The lowest BCUT2D eigenvalue weighted by Gasteiger charge is -2.16. The topological polar surface area (TPSA) is 101 Å². The number of carboxylic acids is 1. The van der Waals surface area contributed by atoms with Gasteiger partial charge in [-0.25, -0.2) is 9.78 Å². The molecule has 1 atom stereocenters. The van der Waals surface area contributed by atoms with Gasteiger partial charge in [-0.3, -0.25) is 4.79 Å². The Morgan fingerprint density at radius 2 is 1.82 bits per heavy atom. The van der Waals surface area contributed by atoms with Crippen molar-refractivity contribution in [2.45, 2.75) is 25.8 Å². The Labute approximate surface area is 197 Å². The summed E-state index contributed by atoms with van der Waals surface area (Å²) < 4.78 is 5.78. The molecule has 0 saturated heterocycles. The number of carbonyl (C=O) groups is 2. The van der Waals surface area contributed by atoms with Crippen LogP contribution in [-0.4, -0.2) is 41.7 Å². The van der Waals surface area contributed by atoms with Gasteiger partial charge < -0.3 is 20.5 Å². The van der Waals surface area contributed by atoms with E-state index in [1.165, 1.54) is 0 Å². The number of hydrogen-bond donors (Lipinski definition) is 3. The second-order valence-electron chi connectivity index (χ2n) is 7.49. The minimum absolute atomic E-state index is 0.141. The molecular weight excluding hydrogens is 442 g/mol. The first kappa shape index (κ1) is 24.1. The normalized spacial score (nSPS) is 11.5. The monoisotopic (exact) mass is 467 g/mol. The molecule has 0 radical (unpaired) electrons. The number of nitrogens with zero attached hydrogens (tertiary/aromatic N) is 1. The maximum Gasteiger partial charge on any atom is 0.326 e. The largest absolute Gasteiger partial charge is 0.493 e. The number of aliphatic carboxylic acids is 1. The fourth-order valence-corrected chi connectivity index (χ4v) is 3.45. The van der Waals surface area contributed by atoms with E-state index in [9.17, 15) is 14.7 Å². The van der Waals surface area contributed by atoms with E-state index in [2.05, 4.69) is 15.6 Å². The Balaban J connectivity index is 1.56. The summed E-state index contributed by atoms with van der Waals surface area (Å²) in [4.78, 5) is 28.8. The molecule has 1 heterocycles. The first-order chi connectivity index (χ1) is 15.9. The number of nitrogens with one attached hydrogen (secondary N) is 2. The van der Waals surface area contributed by atoms with Gasteiger partial charge in [0, 0.05) is 36.2 Å². The highest BCUT2D eigenvalue weighted by Gasteiger charge is 2.22. The van der Waals surface area contributed by atoms with Crippen LogP contribution in [0.4, 0.5) is 5.82 Å². The van der Waals surface area contributed by atoms with Gasteiger partial charge in [-0.05, 0) is 54.4 Å². The van der Waals surface area contributed by atoms with Crippen LogP contribution in [0.25, 0.3) is 0 Å². The Hall–Kier alpha value is -3.58. The fraction of sp³-hybridized carbons (Fsp3) is 0.240. The molecule has 0 aliphatic carbocycles. The number of anilines is 1. The molecule has 0 aliphatic heterocycles. The molecule has 2 aromatic carbocycles. The van der Waals surface area contributed by atoms with Crippen LogP contribution in [0.3, 0.4) is 0 Å². The smallest absolute Gasteiger partial charge is 0.326 e. The zero-order valence-corrected chi connectivity index (χ0v) is 19.2. The Morgan fingerprint density at radius 1 is 1.09 bits per heavy atom. The third-order valence-corrected chi connectivity index (χ3v) is 5.58. The van der Waals surface area contributed by atoms with Gasteiger partial charge in [0.25, 0.3) is 5.91 Å². The molecule has 0 unspecified atom stereocenters. The van der Waals surface area contributed by atoms with Crippen LogP contribution in [0.5, 0.6) is 5.75 Å². The summed E-state index contributed by atoms with van der Waals surface area (Å²) in [7, 11) is 1.82. The molecular formula is C25H26ClN3O4. The summed E-state index contributed by atoms with van der Waals surface area (Å²) in [5.41, 5.74) is 2.65. The summed E-state index contributed by atoms with van der Waals surface area (Å²) in [6.45, 7) is 2.19. The zero-order valence-electron chi connectivity index (χ0n) is 18.5. The van der Waals surface area contributed by atoms with Crippen LogP contribution in [0.2, 0.25) is 5.02 Å². The van der Waals surface area contributed by atoms with Crippen molar-refractivity contribution in [2.75, 3.05) is 19.0 Å². The highest BCUT2D eigenvalue weighted by atomic mass is 35.5. The Morgan fingerprint density at radius 3 is 2.52 bits per heavy atom. The van der Waals surface area contributed by atoms with Crippen LogP contribution in [0.1, 0.15) is 27.2 Å². The lowest BCUT2D eigenvalue weighted by molar-refractivity contribution is -0.139. The minimum Gasteiger partial charge on any atom is -0.493 e. The first-order valence-electron chi connectivity index (χ1n) is 10.5. The number of rotatable bonds is 10. The van der Waals surface area contributed by atoms with Gasteiger partial charge in [-0.1, -0.05) is 35.9 Å². The zero-order chi connectivity index (χ0) is 23.8. The van der Waals surface area contributed by atoms with Crippen molar-refractivity contribution in [2.24, 2.45) is 0 Å². The van der Waals surface area contributed by atoms with E-state index >= 15 is 0 Å². The van der Waals surface area contributed by atoms with Crippen molar-refractivity contribution in [3.63, 3.8) is 0 Å². The van der Waals surface area contributed by atoms with E-state index in [-0.39, 0.29) is 6.42 Å². The molecule has 33 heavy (non-hydrogen) atoms. The molecule has 8 heteroatoms. The lowest BCUT2D eigenvalue weighted by Crippen LogP contribution is -2.42. The summed E-state index contributed by atoms with van der Waals surface area (Å²) in [5, 5.41) is 15.6. The van der Waals surface area contributed by atoms with Crippen molar-refractivity contribution in [1.82, 2.24) is 10.3 Å². The summed E-state index contributed by atoms with van der Waals surface area (Å²) in [5.74, 6) is -0.102. The number of halogens is 1. The van der Waals surface area contributed by atoms with E-state index in [4.69, 9.17) is 16.3 Å². The van der Waals surface area contributed by atoms with Crippen molar-refractivity contribution in [3.05, 3.63) is 88.1 Å². The number of pyridine rings is 1. The highest BCUT2D eigenvalue weighted by molar-refractivity contribution is 6.31. The molecule has 0 fully saturated rings. The Kier molecular flexibility index (Phi) is 8.27. The summed E-state index contributed by atoms with van der Waals surface area (Å²) in [6.07, 6.45) is 0.801. The number of ether oxygens (including phenoxy) is 1. The quantitative estimate of drug-likeness (QED) is 0.414.